The summed E-state index contributed by atoms with van der Waals surface area (Å²) in [6, 6.07) is 4.43. The van der Waals surface area contributed by atoms with Crippen molar-refractivity contribution in [2.45, 2.75) is 19.9 Å². The number of esters is 1. The van der Waals surface area contributed by atoms with Crippen molar-refractivity contribution in [3.8, 4) is 11.5 Å². The van der Waals surface area contributed by atoms with Crippen molar-refractivity contribution in [2.75, 3.05) is 20.0 Å². The Balaban J connectivity index is 0.00000288. The lowest BCUT2D eigenvalue weighted by atomic mass is 9.96. The number of allylic oxidation sites excluding steroid dienone is 1. The predicted octanol–water partition coefficient (Wildman–Crippen LogP) is -0.395. The molecular weight excluding hydrogens is 443 g/mol. The zero-order chi connectivity index (χ0) is 17.0. The van der Waals surface area contributed by atoms with Crippen molar-refractivity contribution in [1.29, 1.82) is 0 Å². The third-order valence-electron chi connectivity index (χ3n) is 3.43. The molecule has 1 aliphatic rings. The molecule has 0 amide bonds. The summed E-state index contributed by atoms with van der Waals surface area (Å²) < 4.78 is 10.3. The van der Waals surface area contributed by atoms with E-state index in [0.29, 0.717) is 28.8 Å². The van der Waals surface area contributed by atoms with Crippen LogP contribution in [0.1, 0.15) is 25.5 Å². The molecule has 1 aromatic rings. The molecule has 0 radical (unpaired) electrons. The second-order valence-electron chi connectivity index (χ2n) is 4.86. The highest BCUT2D eigenvalue weighted by molar-refractivity contribution is 8.13. The summed E-state index contributed by atoms with van der Waals surface area (Å²) in [7, 11) is 1.48. The normalized spacial score (nSPS) is 16.7. The molecule has 1 atom stereocenters. The van der Waals surface area contributed by atoms with Gasteiger partial charge in [-0.05, 0) is 37.8 Å². The van der Waals surface area contributed by atoms with Gasteiger partial charge in [0, 0.05) is 5.70 Å². The number of nitrogens with zero attached hydrogens (tertiary/aromatic N) is 1. The van der Waals surface area contributed by atoms with Gasteiger partial charge in [-0.1, -0.05) is 17.8 Å². The first-order chi connectivity index (χ1) is 11.0. The van der Waals surface area contributed by atoms with E-state index in [1.165, 1.54) is 24.9 Å². The number of halogens is 1. The number of thioether (sulfide) groups is 1. The van der Waals surface area contributed by atoms with Crippen LogP contribution in [-0.2, 0) is 9.53 Å². The quantitative estimate of drug-likeness (QED) is 0.468. The number of phenolic OH excluding ortho intramolecular Hbond substituents is 1. The highest BCUT2D eigenvalue weighted by atomic mass is 127. The molecule has 0 saturated heterocycles. The third-order valence-corrected chi connectivity index (χ3v) is 4.02. The molecule has 0 bridgehead atoms. The number of ether oxygens (including phenoxy) is 2. The Bertz CT molecular complexity index is 676. The number of hydrogen-bond donors (Lipinski definition) is 2. The van der Waals surface area contributed by atoms with Crippen LogP contribution in [0, 0.1) is 0 Å². The highest BCUT2D eigenvalue weighted by Gasteiger charge is 2.30. The second kappa shape index (κ2) is 9.16. The summed E-state index contributed by atoms with van der Waals surface area (Å²) >= 11 is 1.46. The van der Waals surface area contributed by atoms with Crippen LogP contribution in [0.25, 0.3) is 0 Å². The summed E-state index contributed by atoms with van der Waals surface area (Å²) in [5.74, 6) is -0.0288. The van der Waals surface area contributed by atoms with Gasteiger partial charge in [0.2, 0.25) is 0 Å². The van der Waals surface area contributed by atoms with Crippen LogP contribution in [-0.4, -0.2) is 36.2 Å². The number of phenols is 1. The Morgan fingerprint density at radius 2 is 2.17 bits per heavy atom. The van der Waals surface area contributed by atoms with Crippen molar-refractivity contribution in [1.82, 2.24) is 5.32 Å². The van der Waals surface area contributed by atoms with Crippen LogP contribution < -0.4 is 34.0 Å². The van der Waals surface area contributed by atoms with Crippen LogP contribution in [0.2, 0.25) is 0 Å². The lowest BCUT2D eigenvalue weighted by molar-refractivity contribution is -0.138. The van der Waals surface area contributed by atoms with Crippen LogP contribution >= 0.6 is 11.8 Å². The van der Waals surface area contributed by atoms with Crippen molar-refractivity contribution in [3.63, 3.8) is 0 Å². The van der Waals surface area contributed by atoms with Crippen LogP contribution in [0.5, 0.6) is 11.5 Å². The maximum atomic E-state index is 12.3. The number of rotatable bonds is 4. The van der Waals surface area contributed by atoms with Gasteiger partial charge in [0.05, 0.1) is 19.3 Å². The van der Waals surface area contributed by atoms with E-state index in [2.05, 4.69) is 10.3 Å². The third kappa shape index (κ3) is 4.35. The fourth-order valence-corrected chi connectivity index (χ4v) is 2.80. The van der Waals surface area contributed by atoms with Gasteiger partial charge in [-0.3, -0.25) is 0 Å². The molecule has 0 fully saturated rings. The van der Waals surface area contributed by atoms with Gasteiger partial charge in [0.1, 0.15) is 6.04 Å². The first-order valence-corrected chi connectivity index (χ1v) is 8.37. The van der Waals surface area contributed by atoms with Crippen molar-refractivity contribution < 1.29 is 43.4 Å². The van der Waals surface area contributed by atoms with Crippen LogP contribution in [0.3, 0.4) is 0 Å². The van der Waals surface area contributed by atoms with Crippen LogP contribution in [0.15, 0.2) is 34.5 Å². The molecule has 2 N–H and O–H groups in total. The molecule has 0 aromatic heterocycles. The van der Waals surface area contributed by atoms with Crippen molar-refractivity contribution >= 4 is 22.9 Å². The number of hydrogen-bond acceptors (Lipinski definition) is 7. The zero-order valence-corrected chi connectivity index (χ0v) is 16.9. The number of nitrogens with one attached hydrogen (secondary N) is 1. The molecule has 0 saturated carbocycles. The molecule has 0 spiro atoms. The number of carbonyl (C=O) groups excluding carboxylic acids is 1. The highest BCUT2D eigenvalue weighted by Crippen LogP contribution is 2.36. The zero-order valence-electron chi connectivity index (χ0n) is 13.9. The minimum atomic E-state index is -0.507. The van der Waals surface area contributed by atoms with E-state index in [9.17, 15) is 9.90 Å². The van der Waals surface area contributed by atoms with E-state index in [1.54, 1.807) is 19.1 Å². The monoisotopic (exact) mass is 463 g/mol. The summed E-state index contributed by atoms with van der Waals surface area (Å²) in [5, 5.41) is 13.6. The smallest absolute Gasteiger partial charge is 0.338 e. The maximum absolute atomic E-state index is 12.3. The molecule has 8 heteroatoms. The molecule has 0 aliphatic carbocycles. The summed E-state index contributed by atoms with van der Waals surface area (Å²) in [5.41, 5.74) is 1.91. The fraction of sp³-hybridized carbons (Fsp3) is 0.375. The maximum Gasteiger partial charge on any atom is 0.338 e. The van der Waals surface area contributed by atoms with Gasteiger partial charge in [-0.15, -0.1) is 0 Å². The van der Waals surface area contributed by atoms with Crippen LogP contribution in [0.4, 0.5) is 0 Å². The fourth-order valence-electron chi connectivity index (χ4n) is 2.33. The number of methoxy groups -OCH3 is 1. The van der Waals surface area contributed by atoms with Gasteiger partial charge >= 0.3 is 5.97 Å². The molecule has 2 rings (SSSR count). The lowest BCUT2D eigenvalue weighted by Crippen LogP contribution is -3.00. The van der Waals surface area contributed by atoms with Gasteiger partial charge in [-0.25, -0.2) is 9.79 Å². The first kappa shape index (κ1) is 20.6. The molecule has 1 aliphatic heterocycles. The SMILES string of the molecule is CCOC(=O)C1=C(C)NC(SC)=NC1c1ccc(O)c(OC)c1.[I-]. The topological polar surface area (TPSA) is 80.2 Å². The molecular formula is C16H20IN2O4S-. The van der Waals surface area contributed by atoms with Gasteiger partial charge in [0.15, 0.2) is 16.7 Å². The number of amidine groups is 1. The minimum Gasteiger partial charge on any atom is -1.00 e. The number of benzene rings is 1. The van der Waals surface area contributed by atoms with E-state index in [0.717, 1.165) is 5.56 Å². The first-order valence-electron chi connectivity index (χ1n) is 7.15. The Morgan fingerprint density at radius 1 is 1.46 bits per heavy atom. The van der Waals surface area contributed by atoms with E-state index in [1.807, 2.05) is 13.2 Å². The number of aliphatic imine (C=N–C) groups is 1. The molecule has 24 heavy (non-hydrogen) atoms. The Kier molecular flexibility index (Phi) is 7.88. The van der Waals surface area contributed by atoms with Gasteiger partial charge < -0.3 is 43.9 Å². The summed E-state index contributed by atoms with van der Waals surface area (Å²) in [6.45, 7) is 3.88. The molecule has 6 nitrogen and oxygen atoms in total. The lowest BCUT2D eigenvalue weighted by Gasteiger charge is -2.25. The summed E-state index contributed by atoms with van der Waals surface area (Å²) in [4.78, 5) is 16.9. The van der Waals surface area contributed by atoms with E-state index in [-0.39, 0.29) is 29.7 Å². The minimum absolute atomic E-state index is 0. The Morgan fingerprint density at radius 3 is 2.75 bits per heavy atom. The molecule has 1 unspecified atom stereocenters. The second-order valence-corrected chi connectivity index (χ2v) is 5.65. The van der Waals surface area contributed by atoms with E-state index < -0.39 is 12.0 Å². The average molecular weight is 463 g/mol. The van der Waals surface area contributed by atoms with E-state index in [4.69, 9.17) is 9.47 Å². The largest absolute Gasteiger partial charge is 1.00 e. The van der Waals surface area contributed by atoms with Crippen molar-refractivity contribution in [2.24, 2.45) is 4.99 Å². The van der Waals surface area contributed by atoms with E-state index >= 15 is 0 Å². The predicted molar refractivity (Wildman–Crippen MR) is 90.8 cm³/mol. The Labute approximate surface area is 162 Å². The molecule has 1 heterocycles. The number of carbonyl (C=O) groups is 1. The van der Waals surface area contributed by atoms with Gasteiger partial charge in [-0.2, -0.15) is 0 Å². The van der Waals surface area contributed by atoms with Gasteiger partial charge in [0.25, 0.3) is 0 Å². The average Bonchev–Trinajstić information content (AvgIpc) is 2.54. The number of aromatic hydroxyl groups is 1. The summed E-state index contributed by atoms with van der Waals surface area (Å²) in [6.07, 6.45) is 1.91. The molecule has 132 valence electrons. The standard InChI is InChI=1S/C16H20N2O4S.HI/c1-5-22-15(20)13-9(2)17-16(23-4)18-14(13)10-6-7-11(19)12(8-10)21-3;/h6-8,14,19H,5H2,1-4H3,(H,17,18);1H/p-1. The Hall–Kier alpha value is -1.42. The molecule has 1 aromatic carbocycles. The van der Waals surface area contributed by atoms with Crippen molar-refractivity contribution in [3.05, 3.63) is 35.0 Å².